The number of benzene rings is 2. The molecule has 24 heavy (non-hydrogen) atoms. The monoisotopic (exact) mass is 331 g/mol. The Bertz CT molecular complexity index is 645. The molecule has 2 aromatic rings. The molecule has 3 N–H and O–H groups in total. The Morgan fingerprint density at radius 1 is 1.08 bits per heavy atom. The molecule has 0 aliphatic carbocycles. The van der Waals surface area contributed by atoms with Gasteiger partial charge in [0.05, 0.1) is 7.11 Å². The molecule has 5 heteroatoms. The van der Waals surface area contributed by atoms with Crippen molar-refractivity contribution in [1.82, 2.24) is 5.32 Å². The molecule has 0 spiro atoms. The van der Waals surface area contributed by atoms with Crippen molar-refractivity contribution >= 4 is 0 Å². The fraction of sp³-hybridized carbons (Fsp3) is 0.368. The standard InChI is InChI=1S/C19H25NO4/c1-20-12-16(21)13-24-18-6-4-3-5-15(18)9-7-14-8-10-17(22)19(11-14)23-2/h3-6,8,10-11,16,20-22H,7,9,12-13H2,1-2H3/t16-/m1/s1. The van der Waals surface area contributed by atoms with Crippen LogP contribution in [-0.2, 0) is 12.8 Å². The largest absolute Gasteiger partial charge is 0.504 e. The highest BCUT2D eigenvalue weighted by atomic mass is 16.5. The van der Waals surface area contributed by atoms with Crippen LogP contribution in [-0.4, -0.2) is 43.6 Å². The lowest BCUT2D eigenvalue weighted by Crippen LogP contribution is -2.29. The summed E-state index contributed by atoms with van der Waals surface area (Å²) in [5.74, 6) is 1.41. The van der Waals surface area contributed by atoms with Gasteiger partial charge in [-0.1, -0.05) is 24.3 Å². The van der Waals surface area contributed by atoms with Crippen LogP contribution in [0.4, 0.5) is 0 Å². The van der Waals surface area contributed by atoms with Gasteiger partial charge in [-0.15, -0.1) is 0 Å². The molecule has 0 saturated carbocycles. The van der Waals surface area contributed by atoms with E-state index in [1.807, 2.05) is 36.4 Å². The van der Waals surface area contributed by atoms with E-state index in [0.717, 1.165) is 29.7 Å². The molecule has 0 aliphatic rings. The van der Waals surface area contributed by atoms with E-state index < -0.39 is 6.10 Å². The minimum Gasteiger partial charge on any atom is -0.504 e. The first-order chi connectivity index (χ1) is 11.6. The smallest absolute Gasteiger partial charge is 0.160 e. The summed E-state index contributed by atoms with van der Waals surface area (Å²) in [5.41, 5.74) is 2.16. The fourth-order valence-electron chi connectivity index (χ4n) is 2.49. The van der Waals surface area contributed by atoms with Crippen molar-refractivity contribution in [2.45, 2.75) is 18.9 Å². The van der Waals surface area contributed by atoms with Gasteiger partial charge in [0.2, 0.25) is 0 Å². The molecule has 2 aromatic carbocycles. The van der Waals surface area contributed by atoms with Crippen molar-refractivity contribution in [3.63, 3.8) is 0 Å². The zero-order valence-electron chi connectivity index (χ0n) is 14.2. The third-order valence-corrected chi connectivity index (χ3v) is 3.77. The highest BCUT2D eigenvalue weighted by Gasteiger charge is 2.08. The second kappa shape index (κ2) is 9.15. The number of aromatic hydroxyl groups is 1. The van der Waals surface area contributed by atoms with Gasteiger partial charge in [-0.2, -0.15) is 0 Å². The lowest BCUT2D eigenvalue weighted by atomic mass is 10.0. The predicted octanol–water partition coefficient (Wildman–Crippen LogP) is 2.15. The van der Waals surface area contributed by atoms with Gasteiger partial charge in [0.15, 0.2) is 11.5 Å². The number of phenolic OH excluding ortho intramolecular Hbond substituents is 1. The summed E-state index contributed by atoms with van der Waals surface area (Å²) in [4.78, 5) is 0. The summed E-state index contributed by atoms with van der Waals surface area (Å²) in [6, 6.07) is 13.2. The Balaban J connectivity index is 1.99. The van der Waals surface area contributed by atoms with E-state index >= 15 is 0 Å². The number of aliphatic hydroxyl groups excluding tert-OH is 1. The number of ether oxygens (including phenoxy) is 2. The van der Waals surface area contributed by atoms with E-state index in [0.29, 0.717) is 12.3 Å². The minimum atomic E-state index is -0.538. The first-order valence-corrected chi connectivity index (χ1v) is 8.03. The van der Waals surface area contributed by atoms with Gasteiger partial charge in [-0.25, -0.2) is 0 Å². The number of methoxy groups -OCH3 is 1. The maximum atomic E-state index is 9.77. The van der Waals surface area contributed by atoms with Gasteiger partial charge in [-0.05, 0) is 49.2 Å². The molecule has 0 unspecified atom stereocenters. The van der Waals surface area contributed by atoms with Crippen molar-refractivity contribution in [1.29, 1.82) is 0 Å². The molecule has 2 rings (SSSR count). The van der Waals surface area contributed by atoms with E-state index in [1.165, 1.54) is 0 Å². The molecular formula is C19H25NO4. The summed E-state index contributed by atoms with van der Waals surface area (Å²) >= 11 is 0. The van der Waals surface area contributed by atoms with Gasteiger partial charge in [0.1, 0.15) is 18.5 Å². The van der Waals surface area contributed by atoms with Crippen LogP contribution < -0.4 is 14.8 Å². The second-order valence-corrected chi connectivity index (χ2v) is 5.64. The summed E-state index contributed by atoms with van der Waals surface area (Å²) in [5, 5.41) is 22.3. The molecule has 0 bridgehead atoms. The number of para-hydroxylation sites is 1. The molecule has 1 atom stereocenters. The first-order valence-electron chi connectivity index (χ1n) is 8.03. The number of hydrogen-bond donors (Lipinski definition) is 3. The molecule has 0 aliphatic heterocycles. The quantitative estimate of drug-likeness (QED) is 0.657. The molecule has 130 valence electrons. The molecule has 0 heterocycles. The molecule has 0 fully saturated rings. The average molecular weight is 331 g/mol. The Hall–Kier alpha value is -2.24. The SMILES string of the molecule is CNC[C@@H](O)COc1ccccc1CCc1ccc(O)c(OC)c1. The maximum absolute atomic E-state index is 9.77. The normalized spacial score (nSPS) is 12.0. The van der Waals surface area contributed by atoms with Gasteiger partial charge < -0.3 is 25.0 Å². The second-order valence-electron chi connectivity index (χ2n) is 5.64. The summed E-state index contributed by atoms with van der Waals surface area (Å²) < 4.78 is 10.9. The third kappa shape index (κ3) is 5.15. The van der Waals surface area contributed by atoms with E-state index in [9.17, 15) is 10.2 Å². The number of aryl methyl sites for hydroxylation is 2. The first kappa shape index (κ1) is 18.1. The van der Waals surface area contributed by atoms with Crippen LogP contribution in [0.15, 0.2) is 42.5 Å². The number of likely N-dealkylation sites (N-methyl/N-ethyl adjacent to an activating group) is 1. The van der Waals surface area contributed by atoms with Gasteiger partial charge >= 0.3 is 0 Å². The zero-order chi connectivity index (χ0) is 17.4. The van der Waals surface area contributed by atoms with Crippen molar-refractivity contribution in [3.8, 4) is 17.2 Å². The molecular weight excluding hydrogens is 306 g/mol. The predicted molar refractivity (Wildman–Crippen MR) is 93.9 cm³/mol. The van der Waals surface area contributed by atoms with Crippen molar-refractivity contribution in [3.05, 3.63) is 53.6 Å². The number of rotatable bonds is 9. The van der Waals surface area contributed by atoms with Crippen LogP contribution in [0.3, 0.4) is 0 Å². The molecule has 0 saturated heterocycles. The van der Waals surface area contributed by atoms with Crippen molar-refractivity contribution in [2.75, 3.05) is 27.3 Å². The summed E-state index contributed by atoms with van der Waals surface area (Å²) in [6.45, 7) is 0.750. The number of aliphatic hydroxyl groups is 1. The van der Waals surface area contributed by atoms with Crippen LogP contribution in [0.5, 0.6) is 17.2 Å². The van der Waals surface area contributed by atoms with Crippen LogP contribution >= 0.6 is 0 Å². The summed E-state index contributed by atoms with van der Waals surface area (Å²) in [6.07, 6.45) is 1.06. The average Bonchev–Trinajstić information content (AvgIpc) is 2.60. The zero-order valence-corrected chi connectivity index (χ0v) is 14.2. The third-order valence-electron chi connectivity index (χ3n) is 3.77. The van der Waals surface area contributed by atoms with E-state index in [1.54, 1.807) is 20.2 Å². The topological polar surface area (TPSA) is 71.0 Å². The Kier molecular flexibility index (Phi) is 6.90. The lowest BCUT2D eigenvalue weighted by molar-refractivity contribution is 0.107. The molecule has 5 nitrogen and oxygen atoms in total. The van der Waals surface area contributed by atoms with Gasteiger partial charge in [0.25, 0.3) is 0 Å². The highest BCUT2D eigenvalue weighted by Crippen LogP contribution is 2.27. The maximum Gasteiger partial charge on any atom is 0.160 e. The highest BCUT2D eigenvalue weighted by molar-refractivity contribution is 5.42. The van der Waals surface area contributed by atoms with E-state index in [2.05, 4.69) is 5.32 Å². The van der Waals surface area contributed by atoms with Crippen LogP contribution in [0.25, 0.3) is 0 Å². The van der Waals surface area contributed by atoms with Crippen LogP contribution in [0, 0.1) is 0 Å². The molecule has 0 amide bonds. The number of phenols is 1. The van der Waals surface area contributed by atoms with Crippen molar-refractivity contribution in [2.24, 2.45) is 0 Å². The van der Waals surface area contributed by atoms with E-state index in [-0.39, 0.29) is 12.4 Å². The lowest BCUT2D eigenvalue weighted by Gasteiger charge is -2.15. The molecule has 0 radical (unpaired) electrons. The van der Waals surface area contributed by atoms with Gasteiger partial charge in [0, 0.05) is 6.54 Å². The Labute approximate surface area is 142 Å². The van der Waals surface area contributed by atoms with Crippen molar-refractivity contribution < 1.29 is 19.7 Å². The Morgan fingerprint density at radius 2 is 1.88 bits per heavy atom. The summed E-state index contributed by atoms with van der Waals surface area (Å²) in [7, 11) is 3.33. The van der Waals surface area contributed by atoms with E-state index in [4.69, 9.17) is 9.47 Å². The fourth-order valence-corrected chi connectivity index (χ4v) is 2.49. The number of nitrogens with one attached hydrogen (secondary N) is 1. The van der Waals surface area contributed by atoms with Crippen LogP contribution in [0.1, 0.15) is 11.1 Å². The molecule has 0 aromatic heterocycles. The minimum absolute atomic E-state index is 0.142. The van der Waals surface area contributed by atoms with Crippen LogP contribution in [0.2, 0.25) is 0 Å². The van der Waals surface area contributed by atoms with Gasteiger partial charge in [-0.3, -0.25) is 0 Å². The Morgan fingerprint density at radius 3 is 2.62 bits per heavy atom. The number of hydrogen-bond acceptors (Lipinski definition) is 5.